The summed E-state index contributed by atoms with van der Waals surface area (Å²) in [5.41, 5.74) is 10.0. The monoisotopic (exact) mass is 742 g/mol. The van der Waals surface area contributed by atoms with Crippen molar-refractivity contribution in [1.29, 1.82) is 0 Å². The minimum atomic E-state index is -1.37. The number of fused-ring (bicyclic) bond motifs is 3. The lowest BCUT2D eigenvalue weighted by Gasteiger charge is -2.43. The van der Waals surface area contributed by atoms with Gasteiger partial charge in [-0.2, -0.15) is 0 Å². The van der Waals surface area contributed by atoms with Crippen LogP contribution in [0.3, 0.4) is 0 Å². The summed E-state index contributed by atoms with van der Waals surface area (Å²) < 4.78 is 6.42. The van der Waals surface area contributed by atoms with Crippen molar-refractivity contribution in [3.05, 3.63) is 151 Å². The highest BCUT2D eigenvalue weighted by Crippen LogP contribution is 2.43. The highest BCUT2D eigenvalue weighted by atomic mass is 28.3. The van der Waals surface area contributed by atoms with Crippen LogP contribution in [0.15, 0.2) is 150 Å². The first-order valence-corrected chi connectivity index (χ1v) is 23.4. The van der Waals surface area contributed by atoms with E-state index in [0.29, 0.717) is 0 Å². The standard InChI is InChI=1S/C51H58N2OSi/c1-49(2,3)52(41-27-30-44(31-28-41)55(8,9)10)40-25-23-39(24-26-40)50(4,5)33-34-51(6,7)53(42-20-16-19-38(35-42)37-17-12-11-13-18-37)43-29-32-46-45-21-14-15-22-47(45)54-48(46)36-43/h11-32,35-36H,33-34H2,1-10H3. The highest BCUT2D eigenvalue weighted by molar-refractivity contribution is 6.88. The molecule has 0 saturated heterocycles. The molecule has 0 aliphatic carbocycles. The van der Waals surface area contributed by atoms with Crippen molar-refractivity contribution in [2.45, 2.75) is 97.4 Å². The molecule has 0 spiro atoms. The number of para-hydroxylation sites is 1. The van der Waals surface area contributed by atoms with Crippen LogP contribution in [0.2, 0.25) is 19.6 Å². The average Bonchev–Trinajstić information content (AvgIpc) is 3.52. The minimum absolute atomic E-state index is 0.0401. The van der Waals surface area contributed by atoms with E-state index in [4.69, 9.17) is 4.42 Å². The molecule has 0 bridgehead atoms. The molecule has 4 heteroatoms. The molecule has 0 amide bonds. The maximum absolute atomic E-state index is 6.42. The van der Waals surface area contributed by atoms with Gasteiger partial charge < -0.3 is 14.2 Å². The van der Waals surface area contributed by atoms with Crippen LogP contribution in [0.5, 0.6) is 0 Å². The molecule has 6 aromatic carbocycles. The van der Waals surface area contributed by atoms with Gasteiger partial charge in [-0.3, -0.25) is 0 Å². The largest absolute Gasteiger partial charge is 0.456 e. The van der Waals surface area contributed by atoms with Crippen molar-refractivity contribution >= 4 is 57.9 Å². The quantitative estimate of drug-likeness (QED) is 0.123. The Morgan fingerprint density at radius 2 is 1.04 bits per heavy atom. The molecule has 1 heterocycles. The third-order valence-electron chi connectivity index (χ3n) is 11.4. The van der Waals surface area contributed by atoms with Crippen molar-refractivity contribution in [2.24, 2.45) is 0 Å². The zero-order valence-electron chi connectivity index (χ0n) is 34.6. The van der Waals surface area contributed by atoms with E-state index >= 15 is 0 Å². The Balaban J connectivity index is 1.19. The fraction of sp³-hybridized carbons (Fsp3) is 0.294. The zero-order chi connectivity index (χ0) is 39.2. The van der Waals surface area contributed by atoms with Gasteiger partial charge in [-0.25, -0.2) is 0 Å². The molecule has 0 saturated carbocycles. The molecule has 0 N–H and O–H groups in total. The van der Waals surface area contributed by atoms with Gasteiger partial charge in [0, 0.05) is 50.7 Å². The highest BCUT2D eigenvalue weighted by Gasteiger charge is 2.33. The van der Waals surface area contributed by atoms with Gasteiger partial charge in [0.15, 0.2) is 0 Å². The van der Waals surface area contributed by atoms with Gasteiger partial charge in [0.1, 0.15) is 11.2 Å². The maximum atomic E-state index is 6.42. The third kappa shape index (κ3) is 8.02. The van der Waals surface area contributed by atoms with Crippen molar-refractivity contribution in [3.8, 4) is 11.1 Å². The summed E-state index contributed by atoms with van der Waals surface area (Å²) in [6, 6.07) is 53.4. The van der Waals surface area contributed by atoms with Crippen molar-refractivity contribution in [1.82, 2.24) is 0 Å². The molecular weight excluding hydrogens is 685 g/mol. The lowest BCUT2D eigenvalue weighted by molar-refractivity contribution is 0.371. The Kier molecular flexibility index (Phi) is 10.1. The Hall–Kier alpha value is -5.06. The SMILES string of the molecule is CC(C)(CCC(C)(C)N(c1cccc(-c2ccccc2)c1)c1ccc2c(c1)oc1ccccc12)c1ccc(N(c2ccc([Si](C)(C)C)cc2)C(C)(C)C)cc1. The molecule has 282 valence electrons. The Labute approximate surface area is 330 Å². The second-order valence-corrected chi connectivity index (χ2v) is 23.7. The number of hydrogen-bond acceptors (Lipinski definition) is 3. The molecule has 0 aliphatic heterocycles. The number of furan rings is 1. The van der Waals surface area contributed by atoms with Crippen molar-refractivity contribution < 1.29 is 4.42 Å². The topological polar surface area (TPSA) is 19.6 Å². The second-order valence-electron chi connectivity index (χ2n) is 18.6. The van der Waals surface area contributed by atoms with E-state index in [1.807, 2.05) is 6.07 Å². The normalized spacial score (nSPS) is 12.7. The van der Waals surface area contributed by atoms with Crippen LogP contribution in [0, 0.1) is 0 Å². The predicted molar refractivity (Wildman–Crippen MR) is 242 cm³/mol. The van der Waals surface area contributed by atoms with Crippen LogP contribution in [-0.4, -0.2) is 19.2 Å². The molecule has 0 atom stereocenters. The van der Waals surface area contributed by atoms with Crippen LogP contribution >= 0.6 is 0 Å². The first-order chi connectivity index (χ1) is 26.0. The molecule has 0 radical (unpaired) electrons. The van der Waals surface area contributed by atoms with Crippen LogP contribution < -0.4 is 15.0 Å². The molecule has 0 fully saturated rings. The fourth-order valence-electron chi connectivity index (χ4n) is 8.13. The van der Waals surface area contributed by atoms with Gasteiger partial charge >= 0.3 is 0 Å². The summed E-state index contributed by atoms with van der Waals surface area (Å²) in [5.74, 6) is 0. The van der Waals surface area contributed by atoms with Gasteiger partial charge in [-0.05, 0) is 124 Å². The lowest BCUT2D eigenvalue weighted by Crippen LogP contribution is -2.42. The van der Waals surface area contributed by atoms with Crippen LogP contribution in [0.1, 0.15) is 66.9 Å². The van der Waals surface area contributed by atoms with Gasteiger partial charge in [-0.1, -0.05) is 124 Å². The molecular formula is C51H58N2OSi. The van der Waals surface area contributed by atoms with E-state index in [2.05, 4.69) is 217 Å². The number of nitrogens with zero attached hydrogens (tertiary/aromatic N) is 2. The fourth-order valence-corrected chi connectivity index (χ4v) is 9.29. The first kappa shape index (κ1) is 38.2. The van der Waals surface area contributed by atoms with Crippen molar-refractivity contribution in [2.75, 3.05) is 9.80 Å². The second kappa shape index (κ2) is 14.5. The van der Waals surface area contributed by atoms with Gasteiger partial charge in [0.25, 0.3) is 0 Å². The molecule has 3 nitrogen and oxygen atoms in total. The van der Waals surface area contributed by atoms with Crippen LogP contribution in [0.4, 0.5) is 22.7 Å². The van der Waals surface area contributed by atoms with E-state index in [1.54, 1.807) is 0 Å². The maximum Gasteiger partial charge on any atom is 0.137 e. The number of rotatable bonds is 11. The first-order valence-electron chi connectivity index (χ1n) is 19.9. The Morgan fingerprint density at radius 1 is 0.473 bits per heavy atom. The molecule has 1 aromatic heterocycles. The molecule has 0 aliphatic rings. The van der Waals surface area contributed by atoms with Gasteiger partial charge in [0.2, 0.25) is 0 Å². The van der Waals surface area contributed by atoms with Crippen molar-refractivity contribution in [3.63, 3.8) is 0 Å². The minimum Gasteiger partial charge on any atom is -0.456 e. The third-order valence-corrected chi connectivity index (χ3v) is 13.4. The Bertz CT molecular complexity index is 2390. The van der Waals surface area contributed by atoms with E-state index in [0.717, 1.165) is 40.5 Å². The summed E-state index contributed by atoms with van der Waals surface area (Å²) in [6.45, 7) is 23.7. The summed E-state index contributed by atoms with van der Waals surface area (Å²) in [6.07, 6.45) is 2.00. The predicted octanol–water partition coefficient (Wildman–Crippen LogP) is 14.4. The van der Waals surface area contributed by atoms with E-state index in [-0.39, 0.29) is 16.5 Å². The lowest BCUT2D eigenvalue weighted by atomic mass is 9.77. The summed E-state index contributed by atoms with van der Waals surface area (Å²) in [5, 5.41) is 3.79. The summed E-state index contributed by atoms with van der Waals surface area (Å²) in [4.78, 5) is 5.00. The summed E-state index contributed by atoms with van der Waals surface area (Å²) in [7, 11) is -1.37. The van der Waals surface area contributed by atoms with Gasteiger partial charge in [-0.15, -0.1) is 0 Å². The number of anilines is 4. The van der Waals surface area contributed by atoms with Crippen LogP contribution in [-0.2, 0) is 5.41 Å². The molecule has 0 unspecified atom stereocenters. The van der Waals surface area contributed by atoms with E-state index < -0.39 is 8.07 Å². The average molecular weight is 743 g/mol. The van der Waals surface area contributed by atoms with E-state index in [1.165, 1.54) is 38.9 Å². The Morgan fingerprint density at radius 3 is 1.69 bits per heavy atom. The zero-order valence-corrected chi connectivity index (χ0v) is 35.6. The molecule has 7 aromatic rings. The molecule has 7 rings (SSSR count). The van der Waals surface area contributed by atoms with E-state index in [9.17, 15) is 0 Å². The van der Waals surface area contributed by atoms with Gasteiger partial charge in [0.05, 0.1) is 8.07 Å². The number of hydrogen-bond donors (Lipinski definition) is 0. The smallest absolute Gasteiger partial charge is 0.137 e. The van der Waals surface area contributed by atoms with Crippen LogP contribution in [0.25, 0.3) is 33.1 Å². The number of benzene rings is 6. The molecule has 55 heavy (non-hydrogen) atoms. The summed E-state index contributed by atoms with van der Waals surface area (Å²) >= 11 is 0.